The molecule has 4 heterocycles. The molecule has 9 aromatic rings. The Hall–Kier alpha value is -11.2. The van der Waals surface area contributed by atoms with Crippen molar-refractivity contribution in [3.05, 3.63) is 225 Å². The summed E-state index contributed by atoms with van der Waals surface area (Å²) in [6.07, 6.45) is 2.26. The lowest BCUT2D eigenvalue weighted by Gasteiger charge is -2.36. The number of pyridine rings is 3. The third-order valence-corrected chi connectivity index (χ3v) is 18.9. The molecule has 25 nitrogen and oxygen atoms in total. The minimum atomic E-state index is -0.869. The number of carbonyl (C=O) groups excluding carboxylic acids is 3. The van der Waals surface area contributed by atoms with Crippen molar-refractivity contribution in [1.82, 2.24) is 29.7 Å². The number of methoxy groups -OCH3 is 8. The number of nitro groups is 1. The Labute approximate surface area is 642 Å². The maximum absolute atomic E-state index is 14.0. The van der Waals surface area contributed by atoms with E-state index in [2.05, 4.69) is 51.1 Å². The third-order valence-electron chi connectivity index (χ3n) is 18.9. The summed E-state index contributed by atoms with van der Waals surface area (Å²) in [6, 6.07) is 51.1. The van der Waals surface area contributed by atoms with Gasteiger partial charge in [0.15, 0.2) is 0 Å². The summed E-state index contributed by atoms with van der Waals surface area (Å²) in [4.78, 5) is 76.2. The quantitative estimate of drug-likeness (QED) is 0.00882. The first-order chi connectivity index (χ1) is 53.5. The molecule has 1 saturated heterocycles. The van der Waals surface area contributed by atoms with E-state index in [1.54, 1.807) is 112 Å². The van der Waals surface area contributed by atoms with Crippen LogP contribution in [-0.2, 0) is 48.9 Å². The molecule has 6 aromatic carbocycles. The Bertz CT molecular complexity index is 4420. The molecule has 0 bridgehead atoms. The van der Waals surface area contributed by atoms with Gasteiger partial charge in [-0.2, -0.15) is 0 Å². The number of rotatable bonds is 36. The fourth-order valence-corrected chi connectivity index (χ4v) is 13.9. The molecule has 0 radical (unpaired) electrons. The van der Waals surface area contributed by atoms with Crippen LogP contribution in [0.25, 0.3) is 33.4 Å². The molecule has 3 aromatic heterocycles. The van der Waals surface area contributed by atoms with Gasteiger partial charge in [-0.3, -0.25) is 24.8 Å². The van der Waals surface area contributed by atoms with Gasteiger partial charge < -0.3 is 61.6 Å². The van der Waals surface area contributed by atoms with Gasteiger partial charge in [-0.1, -0.05) is 91.0 Å². The van der Waals surface area contributed by atoms with E-state index < -0.39 is 28.4 Å². The molecule has 1 unspecified atom stereocenters. The zero-order valence-corrected chi connectivity index (χ0v) is 64.4. The van der Waals surface area contributed by atoms with Crippen molar-refractivity contribution in [2.24, 2.45) is 5.92 Å². The van der Waals surface area contributed by atoms with Crippen molar-refractivity contribution in [2.75, 3.05) is 136 Å². The van der Waals surface area contributed by atoms with Crippen LogP contribution in [0, 0.1) is 16.0 Å². The minimum absolute atomic E-state index is 0.0333. The van der Waals surface area contributed by atoms with E-state index in [1.165, 1.54) is 26.4 Å². The number of ether oxygens (including phenoxy) is 13. The predicted octanol–water partition coefficient (Wildman–Crippen LogP) is 14.0. The molecule has 580 valence electrons. The molecule has 10 rings (SSSR count). The highest BCUT2D eigenvalue weighted by Crippen LogP contribution is 2.46. The number of hydrogen-bond donors (Lipinski definition) is 0. The summed E-state index contributed by atoms with van der Waals surface area (Å²) in [6.45, 7) is 9.47. The summed E-state index contributed by atoms with van der Waals surface area (Å²) in [5.74, 6) is 0.760. The molecule has 1 fully saturated rings. The first-order valence-electron chi connectivity index (χ1n) is 36.7. The lowest BCUT2D eigenvalue weighted by atomic mass is 9.80. The van der Waals surface area contributed by atoms with Crippen LogP contribution in [0.2, 0.25) is 0 Å². The second-order valence-electron chi connectivity index (χ2n) is 26.0. The summed E-state index contributed by atoms with van der Waals surface area (Å²) in [7, 11) is 12.1. The summed E-state index contributed by atoms with van der Waals surface area (Å²) >= 11 is 0. The van der Waals surface area contributed by atoms with E-state index in [-0.39, 0.29) is 97.4 Å². The van der Waals surface area contributed by atoms with Crippen LogP contribution >= 0.6 is 0 Å². The smallest absolute Gasteiger partial charge is 0.356 e. The first-order valence-corrected chi connectivity index (χ1v) is 36.7. The number of esters is 3. The Morgan fingerprint density at radius 1 is 0.427 bits per heavy atom. The van der Waals surface area contributed by atoms with Gasteiger partial charge in [0, 0.05) is 108 Å². The van der Waals surface area contributed by atoms with E-state index in [9.17, 15) is 24.5 Å². The molecular weight excluding hydrogens is 1410 g/mol. The monoisotopic (exact) mass is 1500 g/mol. The van der Waals surface area contributed by atoms with E-state index in [0.717, 1.165) is 36.0 Å². The van der Waals surface area contributed by atoms with E-state index in [1.807, 2.05) is 66.7 Å². The van der Waals surface area contributed by atoms with Crippen LogP contribution in [0.3, 0.4) is 0 Å². The highest BCUT2D eigenvalue weighted by molar-refractivity contribution is 5.93. The molecule has 0 saturated carbocycles. The molecule has 0 N–H and O–H groups in total. The Morgan fingerprint density at radius 3 is 1.12 bits per heavy atom. The number of aromatic nitrogens is 3. The third kappa shape index (κ3) is 20.2. The number of nitrogens with zero attached hydrogens (tertiary/aromatic N) is 7. The van der Waals surface area contributed by atoms with Crippen molar-refractivity contribution in [3.63, 3.8) is 0 Å². The van der Waals surface area contributed by atoms with Crippen molar-refractivity contribution < 1.29 is 80.9 Å². The van der Waals surface area contributed by atoms with Crippen LogP contribution in [0.4, 0.5) is 5.69 Å². The van der Waals surface area contributed by atoms with Gasteiger partial charge in [0.05, 0.1) is 123 Å². The lowest BCUT2D eigenvalue weighted by Crippen LogP contribution is -2.46. The van der Waals surface area contributed by atoms with Crippen LogP contribution in [-0.4, -0.2) is 188 Å². The maximum atomic E-state index is 14.0. The van der Waals surface area contributed by atoms with Gasteiger partial charge >= 0.3 is 17.9 Å². The summed E-state index contributed by atoms with van der Waals surface area (Å²) in [5.41, 5.74) is 5.97. The summed E-state index contributed by atoms with van der Waals surface area (Å²) < 4.78 is 77.3. The SMILES string of the molecule is CCOC(=O)c1cc(-c2c(OC)cc(OC)cc2OC)cc(CN2CCN(Cc3cc(-c4c(OC)cc(OC)cc4OC)cc(C(=O)OCC)n3)CC(COCCCCCOC(c3ccccc3)(c3ccccc3)c3ccccc3)CN(Cc3cc(-c4c(OC)cc(OC)cc4[N+](=O)[O-])cc(C(=O)OCC)n3)CC2)n1. The first kappa shape index (κ1) is 81.3. The van der Waals surface area contributed by atoms with Gasteiger partial charge in [-0.15, -0.1) is 0 Å². The highest BCUT2D eigenvalue weighted by Gasteiger charge is 2.38. The molecule has 0 amide bonds. The normalized spacial score (nSPS) is 13.7. The molecule has 25 heteroatoms. The van der Waals surface area contributed by atoms with Crippen LogP contribution in [0.5, 0.6) is 46.0 Å². The number of nitro benzene ring substituents is 1. The molecule has 1 aliphatic heterocycles. The Morgan fingerprint density at radius 2 is 0.764 bits per heavy atom. The fourth-order valence-electron chi connectivity index (χ4n) is 13.9. The van der Waals surface area contributed by atoms with Crippen molar-refractivity contribution >= 4 is 23.6 Å². The molecular formula is C85H97N7O18. The average Bonchev–Trinajstić information content (AvgIpc) is 0.749. The number of hydrogen-bond acceptors (Lipinski definition) is 24. The Balaban J connectivity index is 1.05. The standard InChI is InChI=1S/C85H97N7O18/c1-12-107-82(93)70-42-58(79-73(92(96)97)45-67(98-4)46-74(79)101-7)39-65(87-70)54-90-35-33-89(53-64-40-59(43-71(86-64)83(94)108-13-2)80-75(102-8)47-68(99-5)48-76(80)103-9)34-36-91(55-66-41-60(44-72(88-66)84(95)109-14-3)81-77(104-10)49-69(100-6)50-78(81)105-11)52-57(51-90)56-106-37-25-18-26-38-110-85(61-27-19-15-20-28-61,62-29-21-16-22-30-62)63-31-23-17-24-32-63/h15-17,19-24,27-32,39-50,57H,12-14,18,25-26,33-38,51-56H2,1-11H3. The van der Waals surface area contributed by atoms with Gasteiger partial charge in [0.1, 0.15) is 74.2 Å². The van der Waals surface area contributed by atoms with Gasteiger partial charge in [-0.25, -0.2) is 29.3 Å². The fraction of sp³-hybridized carbons (Fsp3) is 0.365. The predicted molar refractivity (Wildman–Crippen MR) is 415 cm³/mol. The molecule has 0 aliphatic carbocycles. The van der Waals surface area contributed by atoms with Crippen LogP contribution in [0.1, 0.15) is 105 Å². The van der Waals surface area contributed by atoms with Crippen molar-refractivity contribution in [1.29, 1.82) is 0 Å². The largest absolute Gasteiger partial charge is 0.496 e. The van der Waals surface area contributed by atoms with Gasteiger partial charge in [0.25, 0.3) is 5.69 Å². The topological polar surface area (TPSA) is 263 Å². The van der Waals surface area contributed by atoms with E-state index in [0.29, 0.717) is 126 Å². The minimum Gasteiger partial charge on any atom is -0.496 e. The number of benzene rings is 6. The van der Waals surface area contributed by atoms with Crippen LogP contribution < -0.4 is 37.9 Å². The number of unbranched alkanes of at least 4 members (excludes halogenated alkanes) is 2. The molecule has 0 spiro atoms. The highest BCUT2D eigenvalue weighted by atomic mass is 16.6. The molecule has 1 atom stereocenters. The van der Waals surface area contributed by atoms with Crippen LogP contribution in [0.15, 0.2) is 164 Å². The second-order valence-corrected chi connectivity index (χ2v) is 26.0. The van der Waals surface area contributed by atoms with Gasteiger partial charge in [0.2, 0.25) is 0 Å². The average molecular weight is 1500 g/mol. The van der Waals surface area contributed by atoms with Crippen molar-refractivity contribution in [2.45, 2.75) is 65.3 Å². The summed E-state index contributed by atoms with van der Waals surface area (Å²) in [5, 5.41) is 13.0. The van der Waals surface area contributed by atoms with Crippen molar-refractivity contribution in [3.8, 4) is 79.4 Å². The molecule has 110 heavy (non-hydrogen) atoms. The molecule has 1 aliphatic rings. The zero-order chi connectivity index (χ0) is 78.1. The zero-order valence-electron chi connectivity index (χ0n) is 64.4. The Kier molecular flexibility index (Phi) is 29.4. The van der Waals surface area contributed by atoms with Gasteiger partial charge in [-0.05, 0) is 110 Å². The number of carbonyl (C=O) groups is 3. The van der Waals surface area contributed by atoms with E-state index >= 15 is 0 Å². The maximum Gasteiger partial charge on any atom is 0.356 e. The second kappa shape index (κ2) is 39.8. The van der Waals surface area contributed by atoms with E-state index in [4.69, 9.17) is 76.5 Å². The lowest BCUT2D eigenvalue weighted by molar-refractivity contribution is -0.384.